The lowest BCUT2D eigenvalue weighted by atomic mass is 9.97. The molecule has 2 aromatic carbocycles. The average molecular weight is 664 g/mol. The number of aromatic nitrogens is 1. The van der Waals surface area contributed by atoms with Crippen molar-refractivity contribution >= 4 is 33.0 Å². The molecule has 2 saturated heterocycles. The number of hydrogen-bond acceptors (Lipinski definition) is 9. The van der Waals surface area contributed by atoms with Crippen LogP contribution in [0.1, 0.15) is 49.0 Å². The van der Waals surface area contributed by atoms with Crippen LogP contribution in [-0.2, 0) is 40.2 Å². The maximum Gasteiger partial charge on any atom is 0.245 e. The van der Waals surface area contributed by atoms with E-state index in [4.69, 9.17) is 14.0 Å². The van der Waals surface area contributed by atoms with Gasteiger partial charge in [-0.1, -0.05) is 54.6 Å². The fourth-order valence-electron chi connectivity index (χ4n) is 6.00. The van der Waals surface area contributed by atoms with Gasteiger partial charge in [-0.25, -0.2) is 23.7 Å². The lowest BCUT2D eigenvalue weighted by molar-refractivity contribution is -0.200. The van der Waals surface area contributed by atoms with Gasteiger partial charge in [0.05, 0.1) is 18.4 Å². The van der Waals surface area contributed by atoms with E-state index in [1.165, 1.54) is 17.7 Å². The van der Waals surface area contributed by atoms with Crippen molar-refractivity contribution in [2.75, 3.05) is 25.4 Å². The Balaban J connectivity index is 1.25. The number of benzene rings is 2. The third-order valence-electron chi connectivity index (χ3n) is 8.66. The lowest BCUT2D eigenvalue weighted by Gasteiger charge is -2.31. The van der Waals surface area contributed by atoms with E-state index in [9.17, 15) is 18.0 Å². The molecule has 4 heterocycles. The average Bonchev–Trinajstić information content (AvgIpc) is 3.78. The summed E-state index contributed by atoms with van der Waals surface area (Å²) >= 11 is 1.35. The van der Waals surface area contributed by atoms with E-state index in [-0.39, 0.29) is 44.0 Å². The first kappa shape index (κ1) is 32.1. The molecule has 0 saturated carbocycles. The molecule has 1 N–H and O–H groups in total. The van der Waals surface area contributed by atoms with Crippen LogP contribution in [0.5, 0.6) is 0 Å². The largest absolute Gasteiger partial charge is 0.444 e. The summed E-state index contributed by atoms with van der Waals surface area (Å²) in [7, 11) is -3.90. The molecule has 4 aromatic rings. The minimum absolute atomic E-state index is 0.0765. The number of ether oxygens (including phenoxy) is 1. The van der Waals surface area contributed by atoms with E-state index in [1.54, 1.807) is 17.2 Å². The van der Waals surface area contributed by atoms with Gasteiger partial charge in [0.1, 0.15) is 4.75 Å². The van der Waals surface area contributed by atoms with Crippen molar-refractivity contribution in [2.24, 2.45) is 0 Å². The van der Waals surface area contributed by atoms with Gasteiger partial charge in [0.15, 0.2) is 28.3 Å². The Morgan fingerprint density at radius 3 is 2.57 bits per heavy atom. The molecule has 2 unspecified atom stereocenters. The third-order valence-corrected chi connectivity index (χ3v) is 12.6. The van der Waals surface area contributed by atoms with E-state index < -0.39 is 26.8 Å². The minimum atomic E-state index is -3.90. The van der Waals surface area contributed by atoms with Crippen LogP contribution in [0.25, 0.3) is 21.8 Å². The smallest absolute Gasteiger partial charge is 0.245 e. The number of sulfone groups is 1. The van der Waals surface area contributed by atoms with Crippen molar-refractivity contribution in [2.45, 2.75) is 56.0 Å². The molecule has 2 aliphatic heterocycles. The van der Waals surface area contributed by atoms with Crippen molar-refractivity contribution in [1.82, 2.24) is 15.4 Å². The molecule has 10 nitrogen and oxygen atoms in total. The van der Waals surface area contributed by atoms with Crippen LogP contribution in [-0.4, -0.2) is 61.9 Å². The molecule has 242 valence electrons. The summed E-state index contributed by atoms with van der Waals surface area (Å²) in [4.78, 5) is 39.2. The predicted octanol–water partition coefficient (Wildman–Crippen LogP) is 5.51. The molecule has 46 heavy (non-hydrogen) atoms. The van der Waals surface area contributed by atoms with E-state index in [0.29, 0.717) is 30.1 Å². The highest BCUT2D eigenvalue weighted by Crippen LogP contribution is 2.45. The number of carbonyl (C=O) groups excluding carboxylic acids is 2. The zero-order valence-corrected chi connectivity index (χ0v) is 27.1. The number of carbonyl (C=O) groups is 2. The zero-order valence-electron chi connectivity index (χ0n) is 25.4. The Labute approximate surface area is 272 Å². The number of amides is 2. The molecule has 2 aromatic heterocycles. The predicted molar refractivity (Wildman–Crippen MR) is 174 cm³/mol. The number of nitrogens with zero attached hydrogens (tertiary/aromatic N) is 2. The first-order valence-corrected chi connectivity index (χ1v) is 18.0. The molecule has 2 atom stereocenters. The summed E-state index contributed by atoms with van der Waals surface area (Å²) in [6.07, 6.45) is 5.55. The van der Waals surface area contributed by atoms with E-state index in [0.717, 1.165) is 34.4 Å². The van der Waals surface area contributed by atoms with Gasteiger partial charge >= 0.3 is 0 Å². The Bertz CT molecular complexity index is 1720. The van der Waals surface area contributed by atoms with Crippen molar-refractivity contribution in [1.29, 1.82) is 0 Å². The summed E-state index contributed by atoms with van der Waals surface area (Å²) < 4.78 is 37.9. The molecule has 6 rings (SSSR count). The van der Waals surface area contributed by atoms with Crippen LogP contribution in [0.3, 0.4) is 0 Å². The molecule has 0 aliphatic carbocycles. The van der Waals surface area contributed by atoms with E-state index in [2.05, 4.69) is 10.5 Å². The number of aryl methyl sites for hydroxylation is 1. The SMILES string of the molecule is O=C(CC1(c2ccc(-c3ccc(-c4cnco4)cc3)s2)CCN(C(=O)CCc2ccccc2)CCS1(=O)=O)NOC1CCCCO1. The van der Waals surface area contributed by atoms with Crippen molar-refractivity contribution in [3.63, 3.8) is 0 Å². The molecule has 0 spiro atoms. The molecule has 2 aliphatic rings. The topological polar surface area (TPSA) is 128 Å². The first-order chi connectivity index (χ1) is 22.3. The number of thiophene rings is 1. The number of hydroxylamine groups is 1. The third kappa shape index (κ3) is 7.25. The van der Waals surface area contributed by atoms with Crippen molar-refractivity contribution in [3.8, 4) is 21.8 Å². The van der Waals surface area contributed by atoms with Crippen LogP contribution < -0.4 is 5.48 Å². The Kier molecular flexibility index (Phi) is 9.98. The van der Waals surface area contributed by atoms with Crippen molar-refractivity contribution in [3.05, 3.63) is 89.8 Å². The summed E-state index contributed by atoms with van der Waals surface area (Å²) in [5, 5.41) is 0. The van der Waals surface area contributed by atoms with Crippen LogP contribution in [0.4, 0.5) is 0 Å². The molecular weight excluding hydrogens is 627 g/mol. The molecular formula is C34H37N3O7S2. The zero-order chi connectivity index (χ0) is 32.0. The van der Waals surface area contributed by atoms with Gasteiger partial charge < -0.3 is 14.1 Å². The van der Waals surface area contributed by atoms with Gasteiger partial charge in [-0.3, -0.25) is 9.59 Å². The van der Waals surface area contributed by atoms with Crippen LogP contribution in [0.2, 0.25) is 0 Å². The van der Waals surface area contributed by atoms with Gasteiger partial charge in [0.2, 0.25) is 11.8 Å². The normalized spacial score (nSPS) is 21.4. The quantitative estimate of drug-likeness (QED) is 0.220. The molecule has 0 bridgehead atoms. The molecule has 2 fully saturated rings. The van der Waals surface area contributed by atoms with Gasteiger partial charge in [-0.05, 0) is 48.9 Å². The van der Waals surface area contributed by atoms with Crippen LogP contribution in [0, 0.1) is 0 Å². The number of hydrogen-bond donors (Lipinski definition) is 1. The second-order valence-electron chi connectivity index (χ2n) is 11.7. The maximum absolute atomic E-state index is 14.2. The van der Waals surface area contributed by atoms with Gasteiger partial charge in [0.25, 0.3) is 0 Å². The van der Waals surface area contributed by atoms with E-state index >= 15 is 0 Å². The highest BCUT2D eigenvalue weighted by molar-refractivity contribution is 7.92. The lowest BCUT2D eigenvalue weighted by Crippen LogP contribution is -2.43. The van der Waals surface area contributed by atoms with Crippen molar-refractivity contribution < 1.29 is 32.0 Å². The summed E-state index contributed by atoms with van der Waals surface area (Å²) in [6, 6.07) is 21.2. The van der Waals surface area contributed by atoms with Gasteiger partial charge in [-0.2, -0.15) is 0 Å². The first-order valence-electron chi connectivity index (χ1n) is 15.5. The summed E-state index contributed by atoms with van der Waals surface area (Å²) in [5.41, 5.74) is 5.29. The maximum atomic E-state index is 14.2. The monoisotopic (exact) mass is 663 g/mol. The number of oxazole rings is 1. The van der Waals surface area contributed by atoms with E-state index in [1.807, 2.05) is 60.7 Å². The van der Waals surface area contributed by atoms with Gasteiger partial charge in [0, 0.05) is 47.9 Å². The second-order valence-corrected chi connectivity index (χ2v) is 15.2. The Morgan fingerprint density at radius 1 is 1.02 bits per heavy atom. The summed E-state index contributed by atoms with van der Waals surface area (Å²) in [5.74, 6) is -0.247. The standard InChI is InChI=1S/C34H37N3O7S2/c38-31(36-44-33-8-4-5-20-42-33)22-34(30-15-14-29(45-30)27-12-10-26(11-13-27)28-23-35-24-43-28)17-18-37(19-21-46(34,40)41)32(39)16-9-25-6-2-1-3-7-25/h1-3,6-7,10-15,23-24,33H,4-5,8-9,16-22H2,(H,36,38). The van der Waals surface area contributed by atoms with Crippen LogP contribution in [0.15, 0.2) is 83.7 Å². The Morgan fingerprint density at radius 2 is 1.83 bits per heavy atom. The van der Waals surface area contributed by atoms with Crippen LogP contribution >= 0.6 is 11.3 Å². The second kappa shape index (κ2) is 14.3. The summed E-state index contributed by atoms with van der Waals surface area (Å²) in [6.45, 7) is 0.837. The highest BCUT2D eigenvalue weighted by atomic mass is 32.2. The number of rotatable bonds is 10. The van der Waals surface area contributed by atoms with Gasteiger partial charge in [-0.15, -0.1) is 11.3 Å². The highest BCUT2D eigenvalue weighted by Gasteiger charge is 2.50. The molecule has 2 amide bonds. The fourth-order valence-corrected chi connectivity index (χ4v) is 9.61. The molecule has 12 heteroatoms. The molecule has 0 radical (unpaired) electrons. The Hall–Kier alpha value is -3.84. The fraction of sp³-hybridized carbons (Fsp3) is 0.382. The number of nitrogens with one attached hydrogen (secondary N) is 1. The minimum Gasteiger partial charge on any atom is -0.444 e.